The van der Waals surface area contributed by atoms with Crippen molar-refractivity contribution in [2.75, 3.05) is 0 Å². The fourth-order valence-electron chi connectivity index (χ4n) is 1.68. The van der Waals surface area contributed by atoms with E-state index in [4.69, 9.17) is 10.2 Å². The molecule has 2 aromatic carbocycles. The molecule has 0 bridgehead atoms. The van der Waals surface area contributed by atoms with Gasteiger partial charge in [0.05, 0.1) is 11.1 Å². The van der Waals surface area contributed by atoms with E-state index in [1.807, 2.05) is 0 Å². The molecule has 0 spiro atoms. The van der Waals surface area contributed by atoms with Crippen molar-refractivity contribution in [3.8, 4) is 0 Å². The second-order valence-corrected chi connectivity index (χ2v) is 3.32. The van der Waals surface area contributed by atoms with Crippen molar-refractivity contribution in [1.29, 1.82) is 0 Å². The van der Waals surface area contributed by atoms with Gasteiger partial charge in [-0.1, -0.05) is 30.3 Å². The van der Waals surface area contributed by atoms with Crippen LogP contribution in [0.5, 0.6) is 0 Å². The molecule has 0 aliphatic heterocycles. The van der Waals surface area contributed by atoms with Crippen LogP contribution >= 0.6 is 0 Å². The summed E-state index contributed by atoms with van der Waals surface area (Å²) in [5.74, 6) is -2.46. The van der Waals surface area contributed by atoms with E-state index in [-0.39, 0.29) is 60.0 Å². The molecule has 5 heteroatoms. The van der Waals surface area contributed by atoms with Crippen molar-refractivity contribution in [3.05, 3.63) is 47.5 Å². The van der Waals surface area contributed by atoms with Crippen molar-refractivity contribution in [2.45, 2.75) is 0 Å². The molecular formula is C12H10BaO4. The van der Waals surface area contributed by atoms with Gasteiger partial charge in [0, 0.05) is 0 Å². The number of rotatable bonds is 2. The molecule has 4 nitrogen and oxygen atoms in total. The molecule has 0 saturated carbocycles. The number of benzene rings is 2. The molecule has 0 fully saturated rings. The monoisotopic (exact) mass is 356 g/mol. The summed E-state index contributed by atoms with van der Waals surface area (Å²) in [7, 11) is 0. The predicted molar refractivity (Wildman–Crippen MR) is 66.4 cm³/mol. The van der Waals surface area contributed by atoms with Gasteiger partial charge in [-0.25, -0.2) is 9.59 Å². The van der Waals surface area contributed by atoms with E-state index in [0.29, 0.717) is 10.8 Å². The van der Waals surface area contributed by atoms with Gasteiger partial charge < -0.3 is 10.2 Å². The maximum atomic E-state index is 11.1. The van der Waals surface area contributed by atoms with E-state index < -0.39 is 11.9 Å². The zero-order valence-electron chi connectivity index (χ0n) is 8.18. The Labute approximate surface area is 137 Å². The van der Waals surface area contributed by atoms with E-state index in [9.17, 15) is 9.59 Å². The molecule has 0 aliphatic rings. The molecule has 2 rings (SSSR count). The summed E-state index contributed by atoms with van der Waals surface area (Å²) < 4.78 is 0. The van der Waals surface area contributed by atoms with Crippen molar-refractivity contribution in [3.63, 3.8) is 0 Å². The standard InChI is InChI=1S/C12H8O4.Ba.2H/c13-11(14)9-6-5-7-3-1-2-4-8(7)10(9)12(15)16;;;/h1-6H,(H,13,14)(H,15,16);;;. The number of hydrogen-bond acceptors (Lipinski definition) is 2. The van der Waals surface area contributed by atoms with E-state index in [1.54, 1.807) is 30.3 Å². The third kappa shape index (κ3) is 2.73. The molecule has 0 heterocycles. The number of aromatic carboxylic acids is 2. The average molecular weight is 356 g/mol. The molecule has 0 aliphatic carbocycles. The van der Waals surface area contributed by atoms with Gasteiger partial charge in [-0.3, -0.25) is 0 Å². The maximum absolute atomic E-state index is 11.1. The number of fused-ring (bicyclic) bond motifs is 1. The Balaban J connectivity index is 0.00000144. The summed E-state index contributed by atoms with van der Waals surface area (Å²) in [5.41, 5.74) is -0.350. The Kier molecular flexibility index (Phi) is 4.79. The number of carboxylic acid groups (broad SMARTS) is 2. The zero-order valence-corrected chi connectivity index (χ0v) is 8.18. The van der Waals surface area contributed by atoms with Crippen LogP contribution in [0.3, 0.4) is 0 Å². The number of carbonyl (C=O) groups is 2. The van der Waals surface area contributed by atoms with Crippen LogP contribution in [-0.2, 0) is 0 Å². The Hall–Kier alpha value is -0.789. The summed E-state index contributed by atoms with van der Waals surface area (Å²) in [6.07, 6.45) is 0. The van der Waals surface area contributed by atoms with Crippen LogP contribution in [0.2, 0.25) is 0 Å². The van der Waals surface area contributed by atoms with Crippen LogP contribution in [0.15, 0.2) is 36.4 Å². The van der Waals surface area contributed by atoms with Crippen molar-refractivity contribution < 1.29 is 19.8 Å². The van der Waals surface area contributed by atoms with Gasteiger partial charge in [-0.2, -0.15) is 0 Å². The Bertz CT molecular complexity index is 592. The van der Waals surface area contributed by atoms with Crippen LogP contribution in [0.25, 0.3) is 10.8 Å². The average Bonchev–Trinajstić information content (AvgIpc) is 2.27. The molecule has 0 saturated heterocycles. The van der Waals surface area contributed by atoms with Crippen molar-refractivity contribution in [1.82, 2.24) is 0 Å². The summed E-state index contributed by atoms with van der Waals surface area (Å²) >= 11 is 0. The Morgan fingerprint density at radius 2 is 1.53 bits per heavy atom. The van der Waals surface area contributed by atoms with Gasteiger partial charge in [0.1, 0.15) is 0 Å². The molecule has 84 valence electrons. The molecule has 0 aromatic heterocycles. The minimum absolute atomic E-state index is 0. The van der Waals surface area contributed by atoms with Gasteiger partial charge in [0.2, 0.25) is 0 Å². The molecule has 0 amide bonds. The second-order valence-electron chi connectivity index (χ2n) is 3.32. The summed E-state index contributed by atoms with van der Waals surface area (Å²) in [4.78, 5) is 22.0. The third-order valence-electron chi connectivity index (χ3n) is 2.37. The molecule has 0 unspecified atom stereocenters. The Morgan fingerprint density at radius 3 is 2.12 bits per heavy atom. The molecule has 2 aromatic rings. The predicted octanol–water partition coefficient (Wildman–Crippen LogP) is 1.32. The van der Waals surface area contributed by atoms with E-state index in [2.05, 4.69) is 0 Å². The topological polar surface area (TPSA) is 74.6 Å². The number of carboxylic acids is 2. The Morgan fingerprint density at radius 1 is 0.882 bits per heavy atom. The first-order chi connectivity index (χ1) is 7.61. The second kappa shape index (κ2) is 5.70. The van der Waals surface area contributed by atoms with E-state index >= 15 is 0 Å². The summed E-state index contributed by atoms with van der Waals surface area (Å²) in [6.45, 7) is 0. The third-order valence-corrected chi connectivity index (χ3v) is 2.37. The van der Waals surface area contributed by atoms with Gasteiger partial charge in [0.25, 0.3) is 0 Å². The normalized spacial score (nSPS) is 9.65. The van der Waals surface area contributed by atoms with Crippen molar-refractivity contribution in [2.24, 2.45) is 0 Å². The van der Waals surface area contributed by atoms with Gasteiger partial charge in [0.15, 0.2) is 0 Å². The fraction of sp³-hybridized carbons (Fsp3) is 0. The first kappa shape index (κ1) is 14.3. The van der Waals surface area contributed by atoms with Gasteiger partial charge >= 0.3 is 60.8 Å². The molecular weight excluding hydrogens is 345 g/mol. The molecule has 0 atom stereocenters. The first-order valence-corrected chi connectivity index (χ1v) is 4.59. The molecule has 17 heavy (non-hydrogen) atoms. The number of hydrogen-bond donors (Lipinski definition) is 2. The molecule has 0 radical (unpaired) electrons. The fourth-order valence-corrected chi connectivity index (χ4v) is 1.68. The minimum atomic E-state index is -1.23. The molecule has 2 N–H and O–H groups in total. The van der Waals surface area contributed by atoms with Crippen molar-refractivity contribution >= 4 is 71.6 Å². The van der Waals surface area contributed by atoms with Crippen LogP contribution < -0.4 is 0 Å². The van der Waals surface area contributed by atoms with E-state index in [1.165, 1.54) is 6.07 Å². The van der Waals surface area contributed by atoms with Crippen LogP contribution in [0.4, 0.5) is 0 Å². The van der Waals surface area contributed by atoms with Gasteiger partial charge in [-0.05, 0) is 16.8 Å². The quantitative estimate of drug-likeness (QED) is 0.797. The van der Waals surface area contributed by atoms with Crippen LogP contribution in [0, 0.1) is 0 Å². The van der Waals surface area contributed by atoms with Crippen LogP contribution in [-0.4, -0.2) is 71.0 Å². The first-order valence-electron chi connectivity index (χ1n) is 4.59. The zero-order chi connectivity index (χ0) is 11.7. The summed E-state index contributed by atoms with van der Waals surface area (Å²) in [5, 5.41) is 19.1. The van der Waals surface area contributed by atoms with Crippen LogP contribution in [0.1, 0.15) is 20.7 Å². The van der Waals surface area contributed by atoms with Gasteiger partial charge in [-0.15, -0.1) is 0 Å². The summed E-state index contributed by atoms with van der Waals surface area (Å²) in [6, 6.07) is 9.72. The SMILES string of the molecule is O=C(O)c1ccc2ccccc2c1C(=O)O.[BaH2]. The van der Waals surface area contributed by atoms with E-state index in [0.717, 1.165) is 0 Å².